The smallest absolute Gasteiger partial charge is 0.398 e. The van der Waals surface area contributed by atoms with E-state index in [-0.39, 0.29) is 11.3 Å². The molecule has 0 fully saturated rings. The van der Waals surface area contributed by atoms with E-state index in [0.29, 0.717) is 12.1 Å². The molecule has 0 saturated carbocycles. The maximum absolute atomic E-state index is 13.0. The summed E-state index contributed by atoms with van der Waals surface area (Å²) >= 11 is 0. The largest absolute Gasteiger partial charge is 0.416 e. The fourth-order valence-corrected chi connectivity index (χ4v) is 3.27. The molecule has 1 heterocycles. The van der Waals surface area contributed by atoms with E-state index in [1.807, 2.05) is 0 Å². The molecule has 128 valence electrons. The summed E-state index contributed by atoms with van der Waals surface area (Å²) < 4.78 is 63.1. The number of carbonyl (C=O) groups excluding carboxylic acids is 1. The molecule has 1 aromatic heterocycles. The SMILES string of the molecule is CS(=O)(=O)c1c(N)cc(C(F)(F)F)cc1-c1ncccc1C(N)=O. The van der Waals surface area contributed by atoms with Crippen LogP contribution in [0.5, 0.6) is 0 Å². The van der Waals surface area contributed by atoms with Crippen molar-refractivity contribution in [3.05, 3.63) is 41.6 Å². The molecule has 0 spiro atoms. The van der Waals surface area contributed by atoms with Crippen LogP contribution >= 0.6 is 0 Å². The van der Waals surface area contributed by atoms with Gasteiger partial charge < -0.3 is 11.5 Å². The molecule has 4 N–H and O–H groups in total. The molecule has 2 aromatic rings. The second-order valence-corrected chi connectivity index (χ2v) is 6.93. The number of rotatable bonds is 3. The van der Waals surface area contributed by atoms with Gasteiger partial charge in [-0.05, 0) is 24.3 Å². The number of nitrogen functional groups attached to an aromatic ring is 1. The Morgan fingerprint density at radius 2 is 1.88 bits per heavy atom. The van der Waals surface area contributed by atoms with Crippen molar-refractivity contribution in [2.24, 2.45) is 5.73 Å². The first-order valence-corrected chi connectivity index (χ1v) is 8.28. The minimum atomic E-state index is -4.76. The highest BCUT2D eigenvalue weighted by atomic mass is 32.2. The van der Waals surface area contributed by atoms with Crippen LogP contribution in [0, 0.1) is 0 Å². The molecule has 2 rings (SSSR count). The van der Waals surface area contributed by atoms with Crippen LogP contribution in [0.15, 0.2) is 35.4 Å². The van der Waals surface area contributed by atoms with Gasteiger partial charge in [0.25, 0.3) is 5.91 Å². The van der Waals surface area contributed by atoms with Crippen molar-refractivity contribution in [2.45, 2.75) is 11.1 Å². The first-order valence-electron chi connectivity index (χ1n) is 6.39. The first-order chi connectivity index (χ1) is 10.9. The summed E-state index contributed by atoms with van der Waals surface area (Å²) in [6.07, 6.45) is -2.77. The molecule has 0 aliphatic carbocycles. The van der Waals surface area contributed by atoms with E-state index in [2.05, 4.69) is 4.98 Å². The highest BCUT2D eigenvalue weighted by Gasteiger charge is 2.34. The molecule has 1 amide bonds. The monoisotopic (exact) mass is 359 g/mol. The van der Waals surface area contributed by atoms with E-state index in [0.717, 1.165) is 6.26 Å². The Labute approximate surface area is 135 Å². The number of amides is 1. The zero-order chi connectivity index (χ0) is 18.3. The summed E-state index contributed by atoms with van der Waals surface area (Å²) in [5.74, 6) is -0.964. The second-order valence-electron chi connectivity index (χ2n) is 4.98. The number of nitrogens with two attached hydrogens (primary N) is 2. The van der Waals surface area contributed by atoms with E-state index >= 15 is 0 Å². The van der Waals surface area contributed by atoms with Gasteiger partial charge in [0.05, 0.1) is 27.4 Å². The summed E-state index contributed by atoms with van der Waals surface area (Å²) in [7, 11) is -4.00. The van der Waals surface area contributed by atoms with E-state index in [1.54, 1.807) is 0 Å². The lowest BCUT2D eigenvalue weighted by Gasteiger charge is -2.16. The zero-order valence-electron chi connectivity index (χ0n) is 12.3. The maximum Gasteiger partial charge on any atom is 0.416 e. The van der Waals surface area contributed by atoms with Crippen LogP contribution in [0.25, 0.3) is 11.3 Å². The van der Waals surface area contributed by atoms with Crippen LogP contribution in [-0.2, 0) is 16.0 Å². The standard InChI is InChI=1S/C14H12F3N3O3S/c1-24(22,23)12-9(5-7(6-10(12)18)14(15,16)17)11-8(13(19)21)3-2-4-20-11/h2-6H,18H2,1H3,(H2,19,21). The molecule has 10 heteroatoms. The maximum atomic E-state index is 13.0. The Bertz CT molecular complexity index is 925. The Morgan fingerprint density at radius 3 is 2.38 bits per heavy atom. The predicted octanol–water partition coefficient (Wildman–Crippen LogP) is 1.85. The van der Waals surface area contributed by atoms with Crippen LogP contribution in [0.1, 0.15) is 15.9 Å². The first kappa shape index (κ1) is 17.7. The van der Waals surface area contributed by atoms with Gasteiger partial charge in [0.15, 0.2) is 9.84 Å². The topological polar surface area (TPSA) is 116 Å². The van der Waals surface area contributed by atoms with Crippen molar-refractivity contribution < 1.29 is 26.4 Å². The summed E-state index contributed by atoms with van der Waals surface area (Å²) in [6.45, 7) is 0. The van der Waals surface area contributed by atoms with Crippen molar-refractivity contribution >= 4 is 21.4 Å². The highest BCUT2D eigenvalue weighted by Crippen LogP contribution is 2.39. The van der Waals surface area contributed by atoms with Crippen molar-refractivity contribution in [1.82, 2.24) is 4.98 Å². The summed E-state index contributed by atoms with van der Waals surface area (Å²) in [4.78, 5) is 14.8. The van der Waals surface area contributed by atoms with Crippen molar-refractivity contribution in [1.29, 1.82) is 0 Å². The second kappa shape index (κ2) is 5.78. The van der Waals surface area contributed by atoms with Gasteiger partial charge in [-0.25, -0.2) is 8.42 Å². The van der Waals surface area contributed by atoms with Gasteiger partial charge in [0.1, 0.15) is 0 Å². The van der Waals surface area contributed by atoms with Crippen LogP contribution in [0.4, 0.5) is 18.9 Å². The van der Waals surface area contributed by atoms with E-state index in [4.69, 9.17) is 11.5 Å². The molecular weight excluding hydrogens is 347 g/mol. The Hall–Kier alpha value is -2.62. The molecule has 6 nitrogen and oxygen atoms in total. The van der Waals surface area contributed by atoms with Gasteiger partial charge in [-0.2, -0.15) is 13.2 Å². The van der Waals surface area contributed by atoms with E-state index in [1.165, 1.54) is 18.3 Å². The number of hydrogen-bond acceptors (Lipinski definition) is 5. The molecule has 0 aliphatic heterocycles. The van der Waals surface area contributed by atoms with Crippen molar-refractivity contribution in [2.75, 3.05) is 12.0 Å². The van der Waals surface area contributed by atoms with Crippen LogP contribution < -0.4 is 11.5 Å². The number of alkyl halides is 3. The number of halogens is 3. The van der Waals surface area contributed by atoms with Crippen molar-refractivity contribution in [3.8, 4) is 11.3 Å². The zero-order valence-corrected chi connectivity index (χ0v) is 13.1. The normalized spacial score (nSPS) is 12.2. The van der Waals surface area contributed by atoms with Gasteiger partial charge >= 0.3 is 6.18 Å². The van der Waals surface area contributed by atoms with Crippen molar-refractivity contribution in [3.63, 3.8) is 0 Å². The molecule has 0 unspecified atom stereocenters. The average molecular weight is 359 g/mol. The van der Waals surface area contributed by atoms with Crippen LogP contribution in [-0.4, -0.2) is 25.6 Å². The molecule has 0 aliphatic rings. The Morgan fingerprint density at radius 1 is 1.25 bits per heavy atom. The highest BCUT2D eigenvalue weighted by molar-refractivity contribution is 7.91. The average Bonchev–Trinajstić information content (AvgIpc) is 2.44. The third kappa shape index (κ3) is 3.32. The number of pyridine rings is 1. The van der Waals surface area contributed by atoms with Gasteiger partial charge in [-0.1, -0.05) is 0 Å². The molecule has 0 bridgehead atoms. The number of carbonyl (C=O) groups is 1. The number of benzene rings is 1. The molecule has 1 aromatic carbocycles. The van der Waals surface area contributed by atoms with Crippen LogP contribution in [0.2, 0.25) is 0 Å². The number of nitrogens with zero attached hydrogens (tertiary/aromatic N) is 1. The van der Waals surface area contributed by atoms with E-state index < -0.39 is 43.6 Å². The third-order valence-corrected chi connectivity index (χ3v) is 4.34. The molecule has 0 atom stereocenters. The number of sulfone groups is 1. The molecule has 24 heavy (non-hydrogen) atoms. The van der Waals surface area contributed by atoms with Gasteiger partial charge in [-0.15, -0.1) is 0 Å². The fraction of sp³-hybridized carbons (Fsp3) is 0.143. The summed E-state index contributed by atoms with van der Waals surface area (Å²) in [6, 6.07) is 3.68. The third-order valence-electron chi connectivity index (χ3n) is 3.14. The molecule has 0 saturated heterocycles. The lowest BCUT2D eigenvalue weighted by molar-refractivity contribution is -0.137. The van der Waals surface area contributed by atoms with E-state index in [9.17, 15) is 26.4 Å². The molecule has 0 radical (unpaired) electrons. The quantitative estimate of drug-likeness (QED) is 0.811. The van der Waals surface area contributed by atoms with Crippen LogP contribution in [0.3, 0.4) is 0 Å². The Kier molecular flexibility index (Phi) is 4.27. The van der Waals surface area contributed by atoms with Gasteiger partial charge in [-0.3, -0.25) is 9.78 Å². The number of primary amides is 1. The summed E-state index contributed by atoms with van der Waals surface area (Å²) in [5, 5.41) is 0. The number of anilines is 1. The predicted molar refractivity (Wildman–Crippen MR) is 80.7 cm³/mol. The minimum absolute atomic E-state index is 0.221. The lowest BCUT2D eigenvalue weighted by Crippen LogP contribution is -2.15. The fourth-order valence-electron chi connectivity index (χ4n) is 2.22. The minimum Gasteiger partial charge on any atom is -0.398 e. The summed E-state index contributed by atoms with van der Waals surface area (Å²) in [5.41, 5.74) is 8.04. The lowest BCUT2D eigenvalue weighted by atomic mass is 10.0. The Balaban J connectivity index is 2.96. The number of hydrogen-bond donors (Lipinski definition) is 2. The van der Waals surface area contributed by atoms with Gasteiger partial charge in [0, 0.05) is 18.0 Å². The number of aromatic nitrogens is 1. The molecular formula is C14H12F3N3O3S. The van der Waals surface area contributed by atoms with Gasteiger partial charge in [0.2, 0.25) is 0 Å².